The van der Waals surface area contributed by atoms with Crippen molar-refractivity contribution in [1.29, 1.82) is 0 Å². The molecule has 0 amide bonds. The van der Waals surface area contributed by atoms with Crippen molar-refractivity contribution in [3.63, 3.8) is 0 Å². The van der Waals surface area contributed by atoms with E-state index in [0.717, 1.165) is 44.7 Å². The minimum Gasteiger partial charge on any atom is -0.395 e. The molecule has 2 fully saturated rings. The monoisotopic (exact) mass is 157 g/mol. The molecule has 0 radical (unpaired) electrons. The van der Waals surface area contributed by atoms with Crippen molar-refractivity contribution >= 4 is 0 Å². The molecule has 2 atom stereocenters. The Hall–Kier alpha value is -0.120. The van der Waals surface area contributed by atoms with Crippen molar-refractivity contribution in [1.82, 2.24) is 4.90 Å². The van der Waals surface area contributed by atoms with E-state index in [2.05, 4.69) is 4.90 Å². The fourth-order valence-electron chi connectivity index (χ4n) is 2.11. The normalized spacial score (nSPS) is 37.9. The fraction of sp³-hybridized carbons (Fsp3) is 1.00. The van der Waals surface area contributed by atoms with Crippen LogP contribution in [0.3, 0.4) is 0 Å². The maximum absolute atomic E-state index is 8.72. The lowest BCUT2D eigenvalue weighted by Gasteiger charge is -2.14. The van der Waals surface area contributed by atoms with Crippen molar-refractivity contribution in [3.8, 4) is 0 Å². The average Bonchev–Trinajstić information content (AvgIpc) is 2.46. The number of fused-ring (bicyclic) bond motifs is 1. The number of likely N-dealkylation sites (tertiary alicyclic amines) is 1. The van der Waals surface area contributed by atoms with E-state index in [-0.39, 0.29) is 0 Å². The molecule has 2 heterocycles. The summed E-state index contributed by atoms with van der Waals surface area (Å²) in [5.41, 5.74) is 0. The summed E-state index contributed by atoms with van der Waals surface area (Å²) in [5, 5.41) is 8.72. The highest BCUT2D eigenvalue weighted by Crippen LogP contribution is 2.28. The Labute approximate surface area is 66.9 Å². The van der Waals surface area contributed by atoms with Gasteiger partial charge in [0.15, 0.2) is 0 Å². The smallest absolute Gasteiger partial charge is 0.0558 e. The van der Waals surface area contributed by atoms with Gasteiger partial charge in [-0.25, -0.2) is 0 Å². The highest BCUT2D eigenvalue weighted by molar-refractivity contribution is 4.86. The van der Waals surface area contributed by atoms with Gasteiger partial charge in [-0.15, -0.1) is 0 Å². The first-order chi connectivity index (χ1) is 5.40. The summed E-state index contributed by atoms with van der Waals surface area (Å²) < 4.78 is 5.35. The van der Waals surface area contributed by atoms with E-state index in [0.29, 0.717) is 6.61 Å². The SMILES string of the molecule is OCCN1C[C@H]2COC[C@@H]2C1. The molecule has 3 nitrogen and oxygen atoms in total. The van der Waals surface area contributed by atoms with Gasteiger partial charge in [-0.2, -0.15) is 0 Å². The van der Waals surface area contributed by atoms with Gasteiger partial charge in [0.2, 0.25) is 0 Å². The van der Waals surface area contributed by atoms with E-state index >= 15 is 0 Å². The Kier molecular flexibility index (Phi) is 2.11. The number of aliphatic hydroxyl groups excluding tert-OH is 1. The van der Waals surface area contributed by atoms with Crippen LogP contribution in [0.25, 0.3) is 0 Å². The van der Waals surface area contributed by atoms with Gasteiger partial charge >= 0.3 is 0 Å². The number of hydrogen-bond acceptors (Lipinski definition) is 3. The molecule has 0 aliphatic carbocycles. The number of aliphatic hydroxyl groups is 1. The van der Waals surface area contributed by atoms with Crippen LogP contribution in [0.5, 0.6) is 0 Å². The number of β-amino-alcohol motifs (C(OH)–C–C–N with tert-alkyl or cyclic N) is 1. The number of rotatable bonds is 2. The zero-order valence-electron chi connectivity index (χ0n) is 6.70. The predicted octanol–water partition coefficient (Wildman–Crippen LogP) is -0.443. The predicted molar refractivity (Wildman–Crippen MR) is 41.3 cm³/mol. The molecule has 64 valence electrons. The van der Waals surface area contributed by atoms with Crippen molar-refractivity contribution < 1.29 is 9.84 Å². The van der Waals surface area contributed by atoms with Gasteiger partial charge < -0.3 is 14.7 Å². The third-order valence-electron chi connectivity index (χ3n) is 2.73. The van der Waals surface area contributed by atoms with Gasteiger partial charge in [0.25, 0.3) is 0 Å². The van der Waals surface area contributed by atoms with Gasteiger partial charge in [0, 0.05) is 31.5 Å². The van der Waals surface area contributed by atoms with Gasteiger partial charge in [-0.05, 0) is 0 Å². The van der Waals surface area contributed by atoms with Crippen LogP contribution in [0.2, 0.25) is 0 Å². The van der Waals surface area contributed by atoms with Crippen molar-refractivity contribution in [3.05, 3.63) is 0 Å². The van der Waals surface area contributed by atoms with Gasteiger partial charge in [0.1, 0.15) is 0 Å². The Balaban J connectivity index is 1.84. The number of ether oxygens (including phenoxy) is 1. The van der Waals surface area contributed by atoms with E-state index in [1.165, 1.54) is 0 Å². The van der Waals surface area contributed by atoms with Crippen molar-refractivity contribution in [2.75, 3.05) is 39.5 Å². The first-order valence-electron chi connectivity index (χ1n) is 4.31. The Morgan fingerprint density at radius 3 is 2.45 bits per heavy atom. The van der Waals surface area contributed by atoms with Gasteiger partial charge in [-0.3, -0.25) is 0 Å². The van der Waals surface area contributed by atoms with E-state index in [9.17, 15) is 0 Å². The molecule has 0 spiro atoms. The lowest BCUT2D eigenvalue weighted by molar-refractivity contribution is 0.145. The molecule has 0 saturated carbocycles. The maximum Gasteiger partial charge on any atom is 0.0558 e. The molecule has 0 aromatic carbocycles. The summed E-state index contributed by atoms with van der Waals surface area (Å²) in [6, 6.07) is 0. The molecule has 0 aromatic heterocycles. The van der Waals surface area contributed by atoms with Gasteiger partial charge in [0.05, 0.1) is 19.8 Å². The Morgan fingerprint density at radius 1 is 1.27 bits per heavy atom. The quantitative estimate of drug-likeness (QED) is 0.589. The number of nitrogens with zero attached hydrogens (tertiary/aromatic N) is 1. The summed E-state index contributed by atoms with van der Waals surface area (Å²) in [6.45, 7) is 5.27. The molecule has 1 N–H and O–H groups in total. The minimum atomic E-state index is 0.292. The molecule has 0 aromatic rings. The number of hydrogen-bond donors (Lipinski definition) is 1. The topological polar surface area (TPSA) is 32.7 Å². The van der Waals surface area contributed by atoms with Crippen LogP contribution in [-0.4, -0.2) is 49.5 Å². The lowest BCUT2D eigenvalue weighted by Crippen LogP contribution is -2.25. The van der Waals surface area contributed by atoms with Gasteiger partial charge in [-0.1, -0.05) is 0 Å². The van der Waals surface area contributed by atoms with Crippen LogP contribution in [0.15, 0.2) is 0 Å². The van der Waals surface area contributed by atoms with Crippen LogP contribution in [0.4, 0.5) is 0 Å². The second-order valence-electron chi connectivity index (χ2n) is 3.54. The second kappa shape index (κ2) is 3.09. The summed E-state index contributed by atoms with van der Waals surface area (Å²) in [7, 11) is 0. The molecule has 2 saturated heterocycles. The highest BCUT2D eigenvalue weighted by Gasteiger charge is 2.36. The van der Waals surface area contributed by atoms with Crippen LogP contribution in [-0.2, 0) is 4.74 Å². The standard InChI is InChI=1S/C8H15NO2/c10-2-1-9-3-7-5-11-6-8(7)4-9/h7-8,10H,1-6H2/t7-,8-/m0/s1. The Morgan fingerprint density at radius 2 is 1.91 bits per heavy atom. The largest absolute Gasteiger partial charge is 0.395 e. The third-order valence-corrected chi connectivity index (χ3v) is 2.73. The molecular formula is C8H15NO2. The summed E-state index contributed by atoms with van der Waals surface area (Å²) in [5.74, 6) is 1.50. The molecular weight excluding hydrogens is 142 g/mol. The van der Waals surface area contributed by atoms with Crippen molar-refractivity contribution in [2.24, 2.45) is 11.8 Å². The van der Waals surface area contributed by atoms with Crippen molar-refractivity contribution in [2.45, 2.75) is 0 Å². The van der Waals surface area contributed by atoms with E-state index in [4.69, 9.17) is 9.84 Å². The first-order valence-corrected chi connectivity index (χ1v) is 4.31. The zero-order valence-corrected chi connectivity index (χ0v) is 6.70. The van der Waals surface area contributed by atoms with Crippen LogP contribution < -0.4 is 0 Å². The molecule has 3 heteroatoms. The van der Waals surface area contributed by atoms with E-state index < -0.39 is 0 Å². The molecule has 2 aliphatic rings. The first kappa shape index (κ1) is 7.53. The second-order valence-corrected chi connectivity index (χ2v) is 3.54. The van der Waals surface area contributed by atoms with Crippen LogP contribution >= 0.6 is 0 Å². The van der Waals surface area contributed by atoms with Crippen LogP contribution in [0, 0.1) is 11.8 Å². The summed E-state index contributed by atoms with van der Waals surface area (Å²) >= 11 is 0. The maximum atomic E-state index is 8.72. The molecule has 2 rings (SSSR count). The molecule has 2 aliphatic heterocycles. The average molecular weight is 157 g/mol. The molecule has 11 heavy (non-hydrogen) atoms. The Bertz CT molecular complexity index is 128. The third kappa shape index (κ3) is 1.41. The van der Waals surface area contributed by atoms with Crippen LogP contribution in [0.1, 0.15) is 0 Å². The lowest BCUT2D eigenvalue weighted by atomic mass is 10.0. The zero-order chi connectivity index (χ0) is 7.68. The molecule has 0 bridgehead atoms. The van der Waals surface area contributed by atoms with E-state index in [1.807, 2.05) is 0 Å². The fourth-order valence-corrected chi connectivity index (χ4v) is 2.11. The molecule has 0 unspecified atom stereocenters. The highest BCUT2D eigenvalue weighted by atomic mass is 16.5. The summed E-state index contributed by atoms with van der Waals surface area (Å²) in [4.78, 5) is 2.33. The minimum absolute atomic E-state index is 0.292. The summed E-state index contributed by atoms with van der Waals surface area (Å²) in [6.07, 6.45) is 0. The van der Waals surface area contributed by atoms with E-state index in [1.54, 1.807) is 0 Å².